The lowest BCUT2D eigenvalue weighted by atomic mass is 9.94. The first kappa shape index (κ1) is 28.0. The molecule has 1 unspecified atom stereocenters. The minimum atomic E-state index is -0.937. The number of aryl methyl sites for hydroxylation is 1. The van der Waals surface area contributed by atoms with Gasteiger partial charge in [0.05, 0.1) is 18.7 Å². The van der Waals surface area contributed by atoms with Crippen molar-refractivity contribution in [2.75, 3.05) is 12.0 Å². The number of aromatic nitrogens is 2. The van der Waals surface area contributed by atoms with Gasteiger partial charge < -0.3 is 14.3 Å². The molecule has 0 saturated carbocycles. The third kappa shape index (κ3) is 5.17. The zero-order valence-electron chi connectivity index (χ0n) is 22.5. The number of Topliss-reactive ketones (excluding diaryl/α,β-unsaturated/α-hetero) is 1. The van der Waals surface area contributed by atoms with Gasteiger partial charge in [-0.15, -0.1) is 10.2 Å². The number of anilines is 1. The van der Waals surface area contributed by atoms with Crippen LogP contribution in [0.1, 0.15) is 40.2 Å². The van der Waals surface area contributed by atoms with E-state index in [1.807, 2.05) is 55.5 Å². The van der Waals surface area contributed by atoms with Crippen LogP contribution in [0.4, 0.5) is 5.13 Å². The number of rotatable bonds is 9. The number of ether oxygens (including phenoxy) is 1. The zero-order chi connectivity index (χ0) is 29.4. The van der Waals surface area contributed by atoms with E-state index < -0.39 is 23.5 Å². The van der Waals surface area contributed by atoms with Gasteiger partial charge in [-0.1, -0.05) is 90.2 Å². The molecule has 3 aromatic carbocycles. The highest BCUT2D eigenvalue weighted by Gasteiger charge is 2.46. The quantitative estimate of drug-likeness (QED) is 0.102. The van der Waals surface area contributed by atoms with Gasteiger partial charge >= 0.3 is 0 Å². The van der Waals surface area contributed by atoms with E-state index in [1.165, 1.54) is 35.1 Å². The number of hydrogen-bond donors (Lipinski definition) is 1. The van der Waals surface area contributed by atoms with E-state index >= 15 is 0 Å². The topological polar surface area (TPSA) is 106 Å². The van der Waals surface area contributed by atoms with Crippen LogP contribution < -0.4 is 9.64 Å². The molecule has 0 fully saturated rings. The van der Waals surface area contributed by atoms with Crippen LogP contribution in [-0.2, 0) is 17.0 Å². The average molecular weight is 618 g/mol. The molecule has 1 aliphatic heterocycles. The van der Waals surface area contributed by atoms with Gasteiger partial charge in [0.1, 0.15) is 0 Å². The van der Waals surface area contributed by atoms with Gasteiger partial charge in [0.25, 0.3) is 5.91 Å². The fraction of sp³-hybridized carbons (Fsp3) is 0.161. The summed E-state index contributed by atoms with van der Waals surface area (Å²) in [4.78, 5) is 28.9. The first-order valence-electron chi connectivity index (χ1n) is 13.1. The van der Waals surface area contributed by atoms with E-state index in [9.17, 15) is 14.7 Å². The summed E-state index contributed by atoms with van der Waals surface area (Å²) in [6, 6.07) is 21.1. The van der Waals surface area contributed by atoms with Crippen LogP contribution in [0.3, 0.4) is 0 Å². The molecule has 42 heavy (non-hydrogen) atoms. The number of aliphatic hydroxyl groups is 1. The molecule has 1 amide bonds. The maximum atomic E-state index is 14.0. The van der Waals surface area contributed by atoms with Crippen molar-refractivity contribution < 1.29 is 23.8 Å². The number of ketones is 1. The molecule has 1 atom stereocenters. The summed E-state index contributed by atoms with van der Waals surface area (Å²) >= 11 is 8.67. The van der Waals surface area contributed by atoms with Crippen molar-refractivity contribution in [1.82, 2.24) is 10.2 Å². The second-order valence-electron chi connectivity index (χ2n) is 9.52. The largest absolute Gasteiger partial charge is 0.503 e. The maximum absolute atomic E-state index is 14.0. The highest BCUT2D eigenvalue weighted by molar-refractivity contribution is 8.00. The number of fused-ring (bicyclic) bond motifs is 1. The highest BCUT2D eigenvalue weighted by Crippen LogP contribution is 2.44. The number of carbonyl (C=O) groups excluding carboxylic acids is 2. The second-order valence-corrected chi connectivity index (χ2v) is 12.1. The minimum Gasteiger partial charge on any atom is -0.503 e. The van der Waals surface area contributed by atoms with Gasteiger partial charge in [0, 0.05) is 16.2 Å². The standard InChI is InChI=1S/C31H24ClN3O5S2/c1-3-17-7-11-19(12-8-17)25-24(26(36)23-15-20-5-4-6-22(39-2)28(20)40-23)27(37)29(38)35(25)30-33-34-31(42-30)41-16-18-9-13-21(32)14-10-18/h4-15,25,37H,3,16H2,1-2H3. The van der Waals surface area contributed by atoms with Crippen LogP contribution in [0.5, 0.6) is 5.75 Å². The lowest BCUT2D eigenvalue weighted by Gasteiger charge is -2.24. The summed E-state index contributed by atoms with van der Waals surface area (Å²) in [7, 11) is 1.51. The van der Waals surface area contributed by atoms with Crippen molar-refractivity contribution >= 4 is 62.5 Å². The molecule has 8 nitrogen and oxygen atoms in total. The number of hydrogen-bond acceptors (Lipinski definition) is 9. The SMILES string of the molecule is CCc1ccc(C2C(C(=O)c3cc4cccc(OC)c4o3)=C(O)C(=O)N2c2nnc(SCc3ccc(Cl)cc3)s2)cc1. The number of nitrogens with zero attached hydrogens (tertiary/aromatic N) is 3. The Labute approximate surface area is 254 Å². The molecule has 1 aliphatic rings. The van der Waals surface area contributed by atoms with Crippen LogP contribution in [0.25, 0.3) is 11.0 Å². The molecule has 6 rings (SSSR count). The molecule has 0 saturated heterocycles. The number of amides is 1. The van der Waals surface area contributed by atoms with E-state index in [0.717, 1.165) is 17.5 Å². The molecule has 0 aliphatic carbocycles. The van der Waals surface area contributed by atoms with Crippen LogP contribution in [0.2, 0.25) is 5.02 Å². The molecule has 0 bridgehead atoms. The van der Waals surface area contributed by atoms with Crippen molar-refractivity contribution in [3.05, 3.63) is 112 Å². The van der Waals surface area contributed by atoms with Crippen molar-refractivity contribution in [3.63, 3.8) is 0 Å². The molecular formula is C31H24ClN3O5S2. The molecule has 1 N–H and O–H groups in total. The van der Waals surface area contributed by atoms with E-state index in [2.05, 4.69) is 10.2 Å². The number of methoxy groups -OCH3 is 1. The number of para-hydroxylation sites is 1. The third-order valence-electron chi connectivity index (χ3n) is 6.99. The minimum absolute atomic E-state index is 0.0163. The zero-order valence-corrected chi connectivity index (χ0v) is 24.9. The number of thioether (sulfide) groups is 1. The summed E-state index contributed by atoms with van der Waals surface area (Å²) in [6.45, 7) is 2.04. The first-order valence-corrected chi connectivity index (χ1v) is 15.2. The lowest BCUT2D eigenvalue weighted by Crippen LogP contribution is -2.31. The Balaban J connectivity index is 1.37. The van der Waals surface area contributed by atoms with Gasteiger partial charge in [-0.3, -0.25) is 14.5 Å². The summed E-state index contributed by atoms with van der Waals surface area (Å²) < 4.78 is 11.9. The Morgan fingerprint density at radius 3 is 2.55 bits per heavy atom. The summed E-state index contributed by atoms with van der Waals surface area (Å²) in [5.74, 6) is -0.905. The monoisotopic (exact) mass is 617 g/mol. The molecule has 0 spiro atoms. The first-order chi connectivity index (χ1) is 20.4. The molecule has 2 aromatic heterocycles. The molecule has 212 valence electrons. The maximum Gasteiger partial charge on any atom is 0.296 e. The molecular weight excluding hydrogens is 594 g/mol. The number of benzene rings is 3. The highest BCUT2D eigenvalue weighted by atomic mass is 35.5. The predicted molar refractivity (Wildman–Crippen MR) is 164 cm³/mol. The Kier molecular flexibility index (Phi) is 7.76. The Morgan fingerprint density at radius 1 is 1.10 bits per heavy atom. The number of halogens is 1. The summed E-state index contributed by atoms with van der Waals surface area (Å²) in [5, 5.41) is 21.3. The van der Waals surface area contributed by atoms with Crippen LogP contribution in [0, 0.1) is 0 Å². The Hall–Kier alpha value is -4.12. The molecule has 11 heteroatoms. The van der Waals surface area contributed by atoms with E-state index in [4.69, 9.17) is 20.8 Å². The second kappa shape index (κ2) is 11.6. The number of aliphatic hydroxyl groups excluding tert-OH is 1. The van der Waals surface area contributed by atoms with Gasteiger partial charge in [-0.05, 0) is 47.4 Å². The van der Waals surface area contributed by atoms with E-state index in [-0.39, 0.29) is 16.5 Å². The summed E-state index contributed by atoms with van der Waals surface area (Å²) in [6.07, 6.45) is 0.825. The van der Waals surface area contributed by atoms with Crippen molar-refractivity contribution in [3.8, 4) is 5.75 Å². The van der Waals surface area contributed by atoms with Crippen molar-refractivity contribution in [2.45, 2.75) is 29.5 Å². The van der Waals surface area contributed by atoms with E-state index in [0.29, 0.717) is 37.4 Å². The third-order valence-corrected chi connectivity index (χ3v) is 9.36. The number of carbonyl (C=O) groups is 2. The van der Waals surface area contributed by atoms with Crippen LogP contribution in [0.15, 0.2) is 92.9 Å². The fourth-order valence-corrected chi connectivity index (χ4v) is 6.76. The fourth-order valence-electron chi connectivity index (χ4n) is 4.81. The van der Waals surface area contributed by atoms with Crippen molar-refractivity contribution in [2.24, 2.45) is 0 Å². The van der Waals surface area contributed by atoms with Gasteiger partial charge in [0.15, 0.2) is 27.2 Å². The summed E-state index contributed by atoms with van der Waals surface area (Å²) in [5.41, 5.74) is 3.11. The normalized spacial score (nSPS) is 15.2. The van der Waals surface area contributed by atoms with Gasteiger partial charge in [-0.25, -0.2) is 0 Å². The van der Waals surface area contributed by atoms with E-state index in [1.54, 1.807) is 24.3 Å². The van der Waals surface area contributed by atoms with Gasteiger partial charge in [-0.2, -0.15) is 0 Å². The lowest BCUT2D eigenvalue weighted by molar-refractivity contribution is -0.117. The Bertz CT molecular complexity index is 1830. The van der Waals surface area contributed by atoms with Crippen LogP contribution in [-0.4, -0.2) is 34.1 Å². The Morgan fingerprint density at radius 2 is 1.83 bits per heavy atom. The number of furan rings is 1. The molecule has 0 radical (unpaired) electrons. The molecule has 5 aromatic rings. The molecule has 3 heterocycles. The average Bonchev–Trinajstić information content (AvgIpc) is 3.73. The van der Waals surface area contributed by atoms with Crippen LogP contribution >= 0.6 is 34.7 Å². The smallest absolute Gasteiger partial charge is 0.296 e. The predicted octanol–water partition coefficient (Wildman–Crippen LogP) is 7.58. The van der Waals surface area contributed by atoms with Gasteiger partial charge in [0.2, 0.25) is 10.9 Å². The van der Waals surface area contributed by atoms with Crippen molar-refractivity contribution in [1.29, 1.82) is 0 Å².